The number of rotatable bonds is 4. The molecule has 6 nitrogen and oxygen atoms in total. The average molecular weight is 291 g/mol. The van der Waals surface area contributed by atoms with Gasteiger partial charge in [-0.05, 0) is 27.2 Å². The molecule has 1 aliphatic rings. The molecule has 1 unspecified atom stereocenters. The number of hydrogen-bond donors (Lipinski definition) is 1. The molecule has 1 atom stereocenters. The largest absolute Gasteiger partial charge is 0.481 e. The second-order valence-corrected chi connectivity index (χ2v) is 8.71. The van der Waals surface area contributed by atoms with E-state index in [1.165, 1.54) is 4.90 Å². The van der Waals surface area contributed by atoms with Gasteiger partial charge < -0.3 is 10.0 Å². The van der Waals surface area contributed by atoms with Gasteiger partial charge in [-0.25, -0.2) is 8.42 Å². The molecule has 1 saturated heterocycles. The van der Waals surface area contributed by atoms with Gasteiger partial charge in [-0.1, -0.05) is 0 Å². The number of piperidine rings is 1. The van der Waals surface area contributed by atoms with E-state index in [2.05, 4.69) is 0 Å². The second kappa shape index (κ2) is 5.48. The third-order valence-electron chi connectivity index (χ3n) is 3.41. The standard InChI is InChI=1S/C12H21NO5S/c1-12(2,3)19(17,18)7-6-13-8-9(11(15)16)4-5-10(13)14/h9H,4-8H2,1-3H3,(H,15,16). The fourth-order valence-electron chi connectivity index (χ4n) is 1.87. The van der Waals surface area contributed by atoms with Crippen LogP contribution in [0.1, 0.15) is 33.6 Å². The van der Waals surface area contributed by atoms with E-state index in [0.29, 0.717) is 6.42 Å². The summed E-state index contributed by atoms with van der Waals surface area (Å²) in [7, 11) is -3.30. The number of carboxylic acid groups (broad SMARTS) is 1. The summed E-state index contributed by atoms with van der Waals surface area (Å²) in [5.41, 5.74) is 0. The van der Waals surface area contributed by atoms with Crippen molar-refractivity contribution in [3.05, 3.63) is 0 Å². The van der Waals surface area contributed by atoms with Crippen LogP contribution in [-0.2, 0) is 19.4 Å². The van der Waals surface area contributed by atoms with Gasteiger partial charge in [0.05, 0.1) is 16.4 Å². The molecule has 1 heterocycles. The molecule has 0 bridgehead atoms. The Bertz CT molecular complexity index is 463. The van der Waals surface area contributed by atoms with Crippen LogP contribution in [0, 0.1) is 5.92 Å². The van der Waals surface area contributed by atoms with Crippen molar-refractivity contribution >= 4 is 21.7 Å². The summed E-state index contributed by atoms with van der Waals surface area (Å²) in [6, 6.07) is 0. The zero-order valence-corrected chi connectivity index (χ0v) is 12.4. The predicted octanol–water partition coefficient (Wildman–Crippen LogP) is 0.523. The van der Waals surface area contributed by atoms with Gasteiger partial charge in [-0.3, -0.25) is 9.59 Å². The molecular formula is C12H21NO5S. The maximum absolute atomic E-state index is 12.0. The minimum atomic E-state index is -3.30. The Kier molecular flexibility index (Phi) is 4.60. The summed E-state index contributed by atoms with van der Waals surface area (Å²) >= 11 is 0. The molecule has 1 fully saturated rings. The molecule has 7 heteroatoms. The van der Waals surface area contributed by atoms with E-state index in [4.69, 9.17) is 5.11 Å². The highest BCUT2D eigenvalue weighted by molar-refractivity contribution is 7.92. The summed E-state index contributed by atoms with van der Waals surface area (Å²) in [6.45, 7) is 5.01. The van der Waals surface area contributed by atoms with E-state index < -0.39 is 26.5 Å². The summed E-state index contributed by atoms with van der Waals surface area (Å²) in [5, 5.41) is 8.94. The summed E-state index contributed by atoms with van der Waals surface area (Å²) < 4.78 is 23.1. The minimum Gasteiger partial charge on any atom is -0.481 e. The zero-order chi connectivity index (χ0) is 14.8. The monoisotopic (exact) mass is 291 g/mol. The Morgan fingerprint density at radius 2 is 2.00 bits per heavy atom. The van der Waals surface area contributed by atoms with Crippen molar-refractivity contribution in [2.45, 2.75) is 38.4 Å². The lowest BCUT2D eigenvalue weighted by molar-refractivity contribution is -0.147. The fraction of sp³-hybridized carbons (Fsp3) is 0.833. The molecule has 0 aromatic heterocycles. The maximum atomic E-state index is 12.0. The van der Waals surface area contributed by atoms with Gasteiger partial charge in [0, 0.05) is 19.5 Å². The Balaban J connectivity index is 2.66. The molecule has 0 aliphatic carbocycles. The number of carboxylic acids is 1. The molecule has 0 aromatic rings. The second-order valence-electron chi connectivity index (χ2n) is 5.84. The topological polar surface area (TPSA) is 91.8 Å². The van der Waals surface area contributed by atoms with Crippen LogP contribution in [0.5, 0.6) is 0 Å². The molecule has 0 radical (unpaired) electrons. The van der Waals surface area contributed by atoms with Gasteiger partial charge in [0.1, 0.15) is 0 Å². The first-order valence-corrected chi connectivity index (χ1v) is 7.93. The fourth-order valence-corrected chi connectivity index (χ4v) is 2.94. The highest BCUT2D eigenvalue weighted by Crippen LogP contribution is 2.20. The van der Waals surface area contributed by atoms with Crippen molar-refractivity contribution in [2.24, 2.45) is 5.92 Å². The maximum Gasteiger partial charge on any atom is 0.308 e. The van der Waals surface area contributed by atoms with Gasteiger partial charge >= 0.3 is 5.97 Å². The summed E-state index contributed by atoms with van der Waals surface area (Å²) in [4.78, 5) is 23.9. The number of aliphatic carboxylic acids is 1. The van der Waals surface area contributed by atoms with Crippen LogP contribution in [0.25, 0.3) is 0 Å². The molecule has 1 aliphatic heterocycles. The lowest BCUT2D eigenvalue weighted by Crippen LogP contribution is -2.45. The van der Waals surface area contributed by atoms with Crippen LogP contribution >= 0.6 is 0 Å². The third-order valence-corrected chi connectivity index (χ3v) is 6.00. The van der Waals surface area contributed by atoms with Crippen molar-refractivity contribution in [3.63, 3.8) is 0 Å². The van der Waals surface area contributed by atoms with Crippen molar-refractivity contribution in [1.29, 1.82) is 0 Å². The zero-order valence-electron chi connectivity index (χ0n) is 11.5. The van der Waals surface area contributed by atoms with Gasteiger partial charge in [0.25, 0.3) is 0 Å². The van der Waals surface area contributed by atoms with E-state index in [1.54, 1.807) is 20.8 Å². The van der Waals surface area contributed by atoms with Gasteiger partial charge in [-0.2, -0.15) is 0 Å². The molecule has 1 N–H and O–H groups in total. The molecule has 0 aromatic carbocycles. The van der Waals surface area contributed by atoms with Gasteiger partial charge in [0.15, 0.2) is 9.84 Å². The van der Waals surface area contributed by atoms with Gasteiger partial charge in [-0.15, -0.1) is 0 Å². The SMILES string of the molecule is CC(C)(C)S(=O)(=O)CCN1CC(C(=O)O)CCC1=O. The molecule has 1 rings (SSSR count). The van der Waals surface area contributed by atoms with Crippen LogP contribution < -0.4 is 0 Å². The number of likely N-dealkylation sites (tertiary alicyclic amines) is 1. The number of nitrogens with zero attached hydrogens (tertiary/aromatic N) is 1. The molecule has 0 saturated carbocycles. The first-order chi connectivity index (χ1) is 8.54. The molecule has 0 spiro atoms. The number of hydrogen-bond acceptors (Lipinski definition) is 4. The van der Waals surface area contributed by atoms with Crippen molar-refractivity contribution in [2.75, 3.05) is 18.8 Å². The molecule has 19 heavy (non-hydrogen) atoms. The number of carbonyl (C=O) groups is 2. The van der Waals surface area contributed by atoms with Crippen LogP contribution in [0.3, 0.4) is 0 Å². The third kappa shape index (κ3) is 3.92. The van der Waals surface area contributed by atoms with Crippen LogP contribution in [0.15, 0.2) is 0 Å². The summed E-state index contributed by atoms with van der Waals surface area (Å²) in [5.74, 6) is -1.82. The highest BCUT2D eigenvalue weighted by Gasteiger charge is 2.33. The van der Waals surface area contributed by atoms with E-state index in [1.807, 2.05) is 0 Å². The van der Waals surface area contributed by atoms with E-state index in [9.17, 15) is 18.0 Å². The summed E-state index contributed by atoms with van der Waals surface area (Å²) in [6.07, 6.45) is 0.503. The normalized spacial score (nSPS) is 21.5. The van der Waals surface area contributed by atoms with Gasteiger partial charge in [0.2, 0.25) is 5.91 Å². The first kappa shape index (κ1) is 15.9. The van der Waals surface area contributed by atoms with E-state index in [-0.39, 0.29) is 31.2 Å². The highest BCUT2D eigenvalue weighted by atomic mass is 32.2. The van der Waals surface area contributed by atoms with E-state index >= 15 is 0 Å². The Labute approximate surface area is 113 Å². The predicted molar refractivity (Wildman–Crippen MR) is 70.5 cm³/mol. The number of amides is 1. The molecule has 110 valence electrons. The van der Waals surface area contributed by atoms with Crippen LogP contribution in [0.4, 0.5) is 0 Å². The Morgan fingerprint density at radius 1 is 1.42 bits per heavy atom. The Hall–Kier alpha value is -1.11. The minimum absolute atomic E-state index is 0.0716. The average Bonchev–Trinajstić information content (AvgIpc) is 2.26. The van der Waals surface area contributed by atoms with Crippen molar-refractivity contribution < 1.29 is 23.1 Å². The van der Waals surface area contributed by atoms with Crippen molar-refractivity contribution in [1.82, 2.24) is 4.90 Å². The first-order valence-electron chi connectivity index (χ1n) is 6.27. The molecule has 1 amide bonds. The van der Waals surface area contributed by atoms with Crippen molar-refractivity contribution in [3.8, 4) is 0 Å². The lowest BCUT2D eigenvalue weighted by Gasteiger charge is -2.31. The van der Waals surface area contributed by atoms with Crippen LogP contribution in [-0.4, -0.2) is 53.9 Å². The van der Waals surface area contributed by atoms with E-state index in [0.717, 1.165) is 0 Å². The Morgan fingerprint density at radius 3 is 2.47 bits per heavy atom. The smallest absolute Gasteiger partial charge is 0.308 e. The quantitative estimate of drug-likeness (QED) is 0.815. The van der Waals surface area contributed by atoms with Crippen LogP contribution in [0.2, 0.25) is 0 Å². The number of sulfone groups is 1. The molecular weight excluding hydrogens is 270 g/mol. The number of carbonyl (C=O) groups excluding carboxylic acids is 1. The lowest BCUT2D eigenvalue weighted by atomic mass is 9.98.